The van der Waals surface area contributed by atoms with Gasteiger partial charge in [0.15, 0.2) is 0 Å². The van der Waals surface area contributed by atoms with Crippen molar-refractivity contribution in [2.24, 2.45) is 0 Å². The Kier molecular flexibility index (Phi) is 7.11. The van der Waals surface area contributed by atoms with Crippen molar-refractivity contribution in [1.29, 1.82) is 5.26 Å². The quantitative estimate of drug-likeness (QED) is 0.729. The Morgan fingerprint density at radius 2 is 2.11 bits per heavy atom. The molecule has 1 aromatic carbocycles. The lowest BCUT2D eigenvalue weighted by Crippen LogP contribution is -2.38. The third-order valence-electron chi connectivity index (χ3n) is 2.80. The summed E-state index contributed by atoms with van der Waals surface area (Å²) in [7, 11) is 0. The van der Waals surface area contributed by atoms with Crippen molar-refractivity contribution in [3.05, 3.63) is 30.3 Å². The molecule has 0 radical (unpaired) electrons. The van der Waals surface area contributed by atoms with Crippen LogP contribution in [-0.4, -0.2) is 25.5 Å². The van der Waals surface area contributed by atoms with E-state index in [9.17, 15) is 4.79 Å². The van der Waals surface area contributed by atoms with Gasteiger partial charge in [0, 0.05) is 18.8 Å². The van der Waals surface area contributed by atoms with Crippen LogP contribution in [0.15, 0.2) is 30.3 Å². The van der Waals surface area contributed by atoms with Crippen molar-refractivity contribution in [3.8, 4) is 6.07 Å². The van der Waals surface area contributed by atoms with E-state index in [-0.39, 0.29) is 5.91 Å². The summed E-state index contributed by atoms with van der Waals surface area (Å²) in [5.41, 5.74) is 0.975. The topological polar surface area (TPSA) is 56.1 Å². The average molecular weight is 259 g/mol. The molecule has 1 aromatic rings. The summed E-state index contributed by atoms with van der Waals surface area (Å²) < 4.78 is 0. The fourth-order valence-electron chi connectivity index (χ4n) is 1.76. The van der Waals surface area contributed by atoms with Gasteiger partial charge in [-0.3, -0.25) is 4.79 Å². The molecule has 4 nitrogen and oxygen atoms in total. The first-order valence-corrected chi connectivity index (χ1v) is 6.71. The van der Waals surface area contributed by atoms with Crippen molar-refractivity contribution in [1.82, 2.24) is 5.32 Å². The molecule has 1 N–H and O–H groups in total. The largest absolute Gasteiger partial charge is 0.361 e. The lowest BCUT2D eigenvalue weighted by Gasteiger charge is -2.23. The molecule has 0 heterocycles. The highest BCUT2D eigenvalue weighted by Crippen LogP contribution is 2.12. The van der Waals surface area contributed by atoms with E-state index in [1.165, 1.54) is 0 Å². The van der Waals surface area contributed by atoms with Gasteiger partial charge < -0.3 is 10.2 Å². The van der Waals surface area contributed by atoms with Gasteiger partial charge in [0.05, 0.1) is 19.0 Å². The van der Waals surface area contributed by atoms with E-state index >= 15 is 0 Å². The molecule has 0 aliphatic carbocycles. The van der Waals surface area contributed by atoms with E-state index in [2.05, 4.69) is 18.3 Å². The van der Waals surface area contributed by atoms with Crippen molar-refractivity contribution in [2.45, 2.75) is 26.2 Å². The number of benzene rings is 1. The van der Waals surface area contributed by atoms with Crippen LogP contribution in [0.4, 0.5) is 5.69 Å². The Morgan fingerprint density at radius 3 is 2.74 bits per heavy atom. The van der Waals surface area contributed by atoms with Crippen molar-refractivity contribution >= 4 is 11.6 Å². The number of hydrogen-bond donors (Lipinski definition) is 1. The van der Waals surface area contributed by atoms with Crippen LogP contribution in [0.25, 0.3) is 0 Å². The molecule has 0 atom stereocenters. The number of hydrogen-bond acceptors (Lipinski definition) is 3. The molecule has 0 spiro atoms. The number of rotatable bonds is 8. The van der Waals surface area contributed by atoms with Crippen LogP contribution in [-0.2, 0) is 4.79 Å². The fraction of sp³-hybridized carbons (Fsp3) is 0.467. The maximum atomic E-state index is 11.8. The van der Waals surface area contributed by atoms with Gasteiger partial charge in [-0.25, -0.2) is 0 Å². The number of nitrogens with one attached hydrogen (secondary N) is 1. The minimum atomic E-state index is 0.00948. The summed E-state index contributed by atoms with van der Waals surface area (Å²) in [5.74, 6) is 0.00948. The third kappa shape index (κ3) is 5.91. The van der Waals surface area contributed by atoms with Crippen LogP contribution in [0.5, 0.6) is 0 Å². The normalized spacial score (nSPS) is 9.68. The van der Waals surface area contributed by atoms with E-state index in [1.807, 2.05) is 35.2 Å². The SMILES string of the molecule is CCCCNC(=O)CN(CCC#N)c1ccccc1. The molecule has 1 amide bonds. The number of para-hydroxylation sites is 1. The number of nitriles is 1. The molecule has 0 fully saturated rings. The minimum Gasteiger partial charge on any atom is -0.361 e. The summed E-state index contributed by atoms with van der Waals surface area (Å²) in [6, 6.07) is 11.8. The van der Waals surface area contributed by atoms with E-state index in [0.717, 1.165) is 25.1 Å². The van der Waals surface area contributed by atoms with Gasteiger partial charge >= 0.3 is 0 Å². The monoisotopic (exact) mass is 259 g/mol. The minimum absolute atomic E-state index is 0.00948. The zero-order valence-corrected chi connectivity index (χ0v) is 11.4. The Morgan fingerprint density at radius 1 is 1.37 bits per heavy atom. The van der Waals surface area contributed by atoms with E-state index in [1.54, 1.807) is 0 Å². The molecule has 102 valence electrons. The molecule has 0 aliphatic rings. The van der Waals surface area contributed by atoms with E-state index < -0.39 is 0 Å². The lowest BCUT2D eigenvalue weighted by atomic mass is 10.2. The molecule has 19 heavy (non-hydrogen) atoms. The van der Waals surface area contributed by atoms with Crippen molar-refractivity contribution < 1.29 is 4.79 Å². The standard InChI is InChI=1S/C15H21N3O/c1-2-3-11-17-15(19)13-18(12-7-10-16)14-8-5-4-6-9-14/h4-6,8-9H,2-3,7,11-13H2,1H3,(H,17,19). The Balaban J connectivity index is 2.55. The second-order valence-electron chi connectivity index (χ2n) is 4.37. The van der Waals surface area contributed by atoms with Crippen LogP contribution in [0.1, 0.15) is 26.2 Å². The van der Waals surface area contributed by atoms with E-state index in [4.69, 9.17) is 5.26 Å². The Labute approximate surface area is 115 Å². The average Bonchev–Trinajstić information content (AvgIpc) is 2.44. The maximum absolute atomic E-state index is 11.8. The van der Waals surface area contributed by atoms with Crippen LogP contribution >= 0.6 is 0 Å². The van der Waals surface area contributed by atoms with Gasteiger partial charge in [-0.1, -0.05) is 31.5 Å². The highest BCUT2D eigenvalue weighted by atomic mass is 16.2. The second kappa shape index (κ2) is 8.98. The number of anilines is 1. The summed E-state index contributed by atoms with van der Waals surface area (Å²) in [6.45, 7) is 3.68. The van der Waals surface area contributed by atoms with Gasteiger partial charge in [0.1, 0.15) is 0 Å². The van der Waals surface area contributed by atoms with Gasteiger partial charge in [0.25, 0.3) is 0 Å². The first-order chi connectivity index (χ1) is 9.27. The lowest BCUT2D eigenvalue weighted by molar-refractivity contribution is -0.119. The molecule has 0 unspecified atom stereocenters. The van der Waals surface area contributed by atoms with Gasteiger partial charge in [-0.05, 0) is 18.6 Å². The number of unbranched alkanes of at least 4 members (excludes halogenated alkanes) is 1. The zero-order chi connectivity index (χ0) is 13.9. The molecule has 0 saturated heterocycles. The van der Waals surface area contributed by atoms with E-state index in [0.29, 0.717) is 19.5 Å². The molecular formula is C15H21N3O. The van der Waals surface area contributed by atoms with Crippen molar-refractivity contribution in [2.75, 3.05) is 24.5 Å². The van der Waals surface area contributed by atoms with Gasteiger partial charge in [-0.2, -0.15) is 5.26 Å². The predicted molar refractivity (Wildman–Crippen MR) is 76.8 cm³/mol. The predicted octanol–water partition coefficient (Wildman–Crippen LogP) is 2.32. The molecule has 0 bridgehead atoms. The zero-order valence-electron chi connectivity index (χ0n) is 11.4. The molecule has 1 rings (SSSR count). The van der Waals surface area contributed by atoms with Gasteiger partial charge in [0.2, 0.25) is 5.91 Å². The first-order valence-electron chi connectivity index (χ1n) is 6.71. The number of carbonyl (C=O) groups excluding carboxylic acids is 1. The van der Waals surface area contributed by atoms with Crippen LogP contribution in [0, 0.1) is 11.3 Å². The van der Waals surface area contributed by atoms with Crippen LogP contribution in [0.3, 0.4) is 0 Å². The smallest absolute Gasteiger partial charge is 0.239 e. The molecule has 0 aliphatic heterocycles. The summed E-state index contributed by atoms with van der Waals surface area (Å²) >= 11 is 0. The number of amides is 1. The van der Waals surface area contributed by atoms with Crippen LogP contribution in [0.2, 0.25) is 0 Å². The fourth-order valence-corrected chi connectivity index (χ4v) is 1.76. The summed E-state index contributed by atoms with van der Waals surface area (Å²) in [6.07, 6.45) is 2.48. The third-order valence-corrected chi connectivity index (χ3v) is 2.80. The van der Waals surface area contributed by atoms with Crippen LogP contribution < -0.4 is 10.2 Å². The van der Waals surface area contributed by atoms with Crippen molar-refractivity contribution in [3.63, 3.8) is 0 Å². The molecule has 0 saturated carbocycles. The first kappa shape index (κ1) is 15.0. The summed E-state index contributed by atoms with van der Waals surface area (Å²) in [4.78, 5) is 13.8. The molecular weight excluding hydrogens is 238 g/mol. The van der Waals surface area contributed by atoms with Gasteiger partial charge in [-0.15, -0.1) is 0 Å². The Hall–Kier alpha value is -2.02. The maximum Gasteiger partial charge on any atom is 0.239 e. The second-order valence-corrected chi connectivity index (χ2v) is 4.37. The highest BCUT2D eigenvalue weighted by Gasteiger charge is 2.10. The summed E-state index contributed by atoms with van der Waals surface area (Å²) in [5, 5.41) is 11.6. The molecule has 0 aromatic heterocycles. The number of nitrogens with zero attached hydrogens (tertiary/aromatic N) is 2. The molecule has 4 heteroatoms. The number of carbonyl (C=O) groups is 1. The Bertz CT molecular complexity index is 411. The highest BCUT2D eigenvalue weighted by molar-refractivity contribution is 5.81.